The van der Waals surface area contributed by atoms with Crippen LogP contribution in [0.5, 0.6) is 0 Å². The first kappa shape index (κ1) is 14.6. The van der Waals surface area contributed by atoms with E-state index in [-0.39, 0.29) is 18.1 Å². The van der Waals surface area contributed by atoms with Crippen LogP contribution in [0.4, 0.5) is 0 Å². The van der Waals surface area contributed by atoms with Crippen molar-refractivity contribution in [3.63, 3.8) is 0 Å². The van der Waals surface area contributed by atoms with E-state index in [1.54, 1.807) is 0 Å². The van der Waals surface area contributed by atoms with Gasteiger partial charge in [0, 0.05) is 6.54 Å². The molecule has 1 saturated heterocycles. The minimum Gasteiger partial charge on any atom is -0.321 e. The minimum atomic E-state index is -0.0167. The summed E-state index contributed by atoms with van der Waals surface area (Å²) in [6.07, 6.45) is 6.13. The summed E-state index contributed by atoms with van der Waals surface area (Å²) in [6, 6.07) is 8.52. The normalized spacial score (nSPS) is 26.8. The quantitative estimate of drug-likeness (QED) is 0.920. The van der Waals surface area contributed by atoms with Crippen molar-refractivity contribution in [2.75, 3.05) is 6.54 Å². The number of amides is 1. The Kier molecular flexibility index (Phi) is 4.29. The van der Waals surface area contributed by atoms with Crippen LogP contribution in [0.15, 0.2) is 24.3 Å². The fourth-order valence-corrected chi connectivity index (χ4v) is 3.75. The third-order valence-corrected chi connectivity index (χ3v) is 4.95. The zero-order valence-electron chi connectivity index (χ0n) is 13.1. The van der Waals surface area contributed by atoms with E-state index in [9.17, 15) is 4.79 Å². The zero-order chi connectivity index (χ0) is 14.8. The minimum absolute atomic E-state index is 0.0167. The van der Waals surface area contributed by atoms with Gasteiger partial charge in [0.15, 0.2) is 0 Å². The number of nitrogens with zero attached hydrogens (tertiary/aromatic N) is 1. The van der Waals surface area contributed by atoms with Crippen molar-refractivity contribution in [2.45, 2.75) is 58.2 Å². The molecule has 21 heavy (non-hydrogen) atoms. The van der Waals surface area contributed by atoms with Crippen molar-refractivity contribution in [2.24, 2.45) is 5.92 Å². The van der Waals surface area contributed by atoms with Crippen molar-refractivity contribution in [1.29, 1.82) is 0 Å². The van der Waals surface area contributed by atoms with E-state index in [0.717, 1.165) is 13.0 Å². The lowest BCUT2D eigenvalue weighted by Gasteiger charge is -2.27. The Balaban J connectivity index is 1.83. The molecule has 1 aromatic carbocycles. The highest BCUT2D eigenvalue weighted by molar-refractivity contribution is 5.84. The van der Waals surface area contributed by atoms with Crippen LogP contribution in [-0.4, -0.2) is 23.4 Å². The number of nitrogens with one attached hydrogen (secondary N) is 1. The number of carbonyl (C=O) groups excluding carboxylic acids is 1. The first-order chi connectivity index (χ1) is 10.2. The molecule has 0 aromatic heterocycles. The first-order valence-electron chi connectivity index (χ1n) is 8.32. The standard InChI is InChI=1S/C18H26N2O/c1-3-16-18(21)20(12-14-8-4-5-9-14)17(19-16)15-10-6-7-13(2)11-15/h6-7,10-11,14,16-17,19H,3-5,8-9,12H2,1-2H3. The van der Waals surface area contributed by atoms with E-state index >= 15 is 0 Å². The van der Waals surface area contributed by atoms with Gasteiger partial charge in [-0.1, -0.05) is 49.6 Å². The van der Waals surface area contributed by atoms with E-state index < -0.39 is 0 Å². The predicted octanol–water partition coefficient (Wildman–Crippen LogP) is 3.39. The van der Waals surface area contributed by atoms with Gasteiger partial charge in [-0.05, 0) is 37.7 Å². The molecule has 3 heteroatoms. The largest absolute Gasteiger partial charge is 0.321 e. The molecule has 0 bridgehead atoms. The second-order valence-electron chi connectivity index (χ2n) is 6.59. The molecular formula is C18H26N2O. The molecular weight excluding hydrogens is 260 g/mol. The summed E-state index contributed by atoms with van der Waals surface area (Å²) in [6.45, 7) is 5.11. The molecule has 1 aliphatic carbocycles. The molecule has 1 N–H and O–H groups in total. The van der Waals surface area contributed by atoms with E-state index in [1.165, 1.54) is 36.8 Å². The molecule has 1 aliphatic heterocycles. The van der Waals surface area contributed by atoms with Crippen LogP contribution >= 0.6 is 0 Å². The molecule has 0 spiro atoms. The van der Waals surface area contributed by atoms with Crippen molar-refractivity contribution in [3.8, 4) is 0 Å². The lowest BCUT2D eigenvalue weighted by Crippen LogP contribution is -2.34. The molecule has 3 nitrogen and oxygen atoms in total. The van der Waals surface area contributed by atoms with Gasteiger partial charge in [0.1, 0.15) is 6.17 Å². The van der Waals surface area contributed by atoms with E-state index in [2.05, 4.69) is 48.3 Å². The molecule has 0 radical (unpaired) electrons. The zero-order valence-corrected chi connectivity index (χ0v) is 13.1. The number of hydrogen-bond acceptors (Lipinski definition) is 2. The van der Waals surface area contributed by atoms with Gasteiger partial charge >= 0.3 is 0 Å². The number of hydrogen-bond donors (Lipinski definition) is 1. The summed E-state index contributed by atoms with van der Waals surface area (Å²) < 4.78 is 0. The number of carbonyl (C=O) groups is 1. The number of rotatable bonds is 4. The second kappa shape index (κ2) is 6.18. The average Bonchev–Trinajstić information content (AvgIpc) is 3.09. The summed E-state index contributed by atoms with van der Waals surface area (Å²) in [5.74, 6) is 0.981. The van der Waals surface area contributed by atoms with Crippen molar-refractivity contribution < 1.29 is 4.79 Å². The fraction of sp³-hybridized carbons (Fsp3) is 0.611. The molecule has 1 saturated carbocycles. The van der Waals surface area contributed by atoms with Gasteiger partial charge in [0.25, 0.3) is 0 Å². The summed E-state index contributed by atoms with van der Waals surface area (Å²) >= 11 is 0. The fourth-order valence-electron chi connectivity index (χ4n) is 3.75. The van der Waals surface area contributed by atoms with Crippen LogP contribution in [0.2, 0.25) is 0 Å². The van der Waals surface area contributed by atoms with Crippen LogP contribution in [0.3, 0.4) is 0 Å². The smallest absolute Gasteiger partial charge is 0.241 e. The Morgan fingerprint density at radius 3 is 2.71 bits per heavy atom. The summed E-state index contributed by atoms with van der Waals surface area (Å²) in [5, 5.41) is 3.53. The SMILES string of the molecule is CCC1NC(c2cccc(C)c2)N(CC2CCCC2)C1=O. The van der Waals surface area contributed by atoms with E-state index in [0.29, 0.717) is 5.92 Å². The molecule has 2 aliphatic rings. The van der Waals surface area contributed by atoms with Crippen molar-refractivity contribution in [1.82, 2.24) is 10.2 Å². The molecule has 1 heterocycles. The third-order valence-electron chi connectivity index (χ3n) is 4.95. The maximum Gasteiger partial charge on any atom is 0.241 e. The number of benzene rings is 1. The van der Waals surface area contributed by atoms with Crippen molar-refractivity contribution in [3.05, 3.63) is 35.4 Å². The lowest BCUT2D eigenvalue weighted by molar-refractivity contribution is -0.130. The molecule has 1 amide bonds. The van der Waals surface area contributed by atoms with Crippen LogP contribution in [0.1, 0.15) is 56.3 Å². The Hall–Kier alpha value is -1.35. The Morgan fingerprint density at radius 1 is 1.29 bits per heavy atom. The van der Waals surface area contributed by atoms with Gasteiger partial charge < -0.3 is 4.90 Å². The molecule has 114 valence electrons. The topological polar surface area (TPSA) is 32.3 Å². The Bertz CT molecular complexity index is 508. The maximum absolute atomic E-state index is 12.7. The molecule has 3 rings (SSSR count). The summed E-state index contributed by atoms with van der Waals surface area (Å²) in [5.41, 5.74) is 2.47. The highest BCUT2D eigenvalue weighted by Crippen LogP contribution is 2.32. The van der Waals surface area contributed by atoms with Gasteiger partial charge in [0.2, 0.25) is 5.91 Å². The molecule has 1 aromatic rings. The van der Waals surface area contributed by atoms with Crippen molar-refractivity contribution >= 4 is 5.91 Å². The van der Waals surface area contributed by atoms with Crippen LogP contribution in [0, 0.1) is 12.8 Å². The summed E-state index contributed by atoms with van der Waals surface area (Å²) in [4.78, 5) is 14.8. The van der Waals surface area contributed by atoms with Gasteiger partial charge in [0.05, 0.1) is 6.04 Å². The van der Waals surface area contributed by atoms with E-state index in [4.69, 9.17) is 0 Å². The maximum atomic E-state index is 12.7. The van der Waals surface area contributed by atoms with Crippen LogP contribution in [-0.2, 0) is 4.79 Å². The molecule has 2 fully saturated rings. The third kappa shape index (κ3) is 2.98. The molecule has 2 unspecified atom stereocenters. The van der Waals surface area contributed by atoms with Gasteiger partial charge in [-0.2, -0.15) is 0 Å². The van der Waals surface area contributed by atoms with Gasteiger partial charge in [-0.3, -0.25) is 10.1 Å². The first-order valence-corrected chi connectivity index (χ1v) is 8.32. The lowest BCUT2D eigenvalue weighted by atomic mass is 10.1. The highest BCUT2D eigenvalue weighted by Gasteiger charge is 2.39. The predicted molar refractivity (Wildman–Crippen MR) is 84.8 cm³/mol. The monoisotopic (exact) mass is 286 g/mol. The Labute approximate surface area is 127 Å². The van der Waals surface area contributed by atoms with Gasteiger partial charge in [-0.15, -0.1) is 0 Å². The Morgan fingerprint density at radius 2 is 2.05 bits per heavy atom. The van der Waals surface area contributed by atoms with Crippen LogP contribution < -0.4 is 5.32 Å². The summed E-state index contributed by atoms with van der Waals surface area (Å²) in [7, 11) is 0. The highest BCUT2D eigenvalue weighted by atomic mass is 16.2. The number of aryl methyl sites for hydroxylation is 1. The van der Waals surface area contributed by atoms with Gasteiger partial charge in [-0.25, -0.2) is 0 Å². The molecule has 2 atom stereocenters. The van der Waals surface area contributed by atoms with Crippen LogP contribution in [0.25, 0.3) is 0 Å². The van der Waals surface area contributed by atoms with E-state index in [1.807, 2.05) is 0 Å². The second-order valence-corrected chi connectivity index (χ2v) is 6.59. The average molecular weight is 286 g/mol.